The molecule has 0 bridgehead atoms. The summed E-state index contributed by atoms with van der Waals surface area (Å²) < 4.78 is 9.93. The fourth-order valence-corrected chi connectivity index (χ4v) is 1.53. The Balaban J connectivity index is 2.98. The van der Waals surface area contributed by atoms with Gasteiger partial charge in [-0.05, 0) is 24.6 Å². The van der Waals surface area contributed by atoms with Gasteiger partial charge in [-0.2, -0.15) is 0 Å². The van der Waals surface area contributed by atoms with Gasteiger partial charge in [0.2, 0.25) is 0 Å². The number of carbonyl (C=O) groups excluding carboxylic acids is 1. The van der Waals surface area contributed by atoms with Crippen molar-refractivity contribution in [1.29, 1.82) is 0 Å². The molecule has 0 radical (unpaired) electrons. The third-order valence-electron chi connectivity index (χ3n) is 2.53. The first-order valence-corrected chi connectivity index (χ1v) is 5.86. The molecule has 0 fully saturated rings. The average Bonchev–Trinajstić information content (AvgIpc) is 2.39. The number of nitrogen functional groups attached to an aromatic ring is 1. The van der Waals surface area contributed by atoms with E-state index in [0.717, 1.165) is 0 Å². The van der Waals surface area contributed by atoms with E-state index < -0.39 is 18.0 Å². The number of nitrogens with two attached hydrogens (primary N) is 1. The van der Waals surface area contributed by atoms with Crippen LogP contribution in [0.3, 0.4) is 0 Å². The number of anilines is 1. The zero-order valence-corrected chi connectivity index (χ0v) is 10.9. The van der Waals surface area contributed by atoms with Crippen molar-refractivity contribution in [3.8, 4) is 5.75 Å². The number of carboxylic acid groups (broad SMARTS) is 1. The Morgan fingerprint density at radius 2 is 2.11 bits per heavy atom. The van der Waals surface area contributed by atoms with E-state index in [1.165, 1.54) is 25.3 Å². The molecule has 0 aliphatic carbocycles. The number of benzene rings is 1. The third kappa shape index (κ3) is 3.87. The summed E-state index contributed by atoms with van der Waals surface area (Å²) in [5.41, 5.74) is 6.24. The minimum atomic E-state index is -1.07. The molecule has 3 N–H and O–H groups in total. The first-order chi connectivity index (χ1) is 8.99. The SMILES string of the molecule is CCCC(Oc1cc(C(=O)OC)ccc1N)C(=O)O. The van der Waals surface area contributed by atoms with Crippen LogP contribution in [-0.2, 0) is 9.53 Å². The van der Waals surface area contributed by atoms with Crippen molar-refractivity contribution in [2.24, 2.45) is 0 Å². The van der Waals surface area contributed by atoms with Gasteiger partial charge < -0.3 is 20.3 Å². The van der Waals surface area contributed by atoms with Crippen molar-refractivity contribution in [3.63, 3.8) is 0 Å². The first-order valence-electron chi connectivity index (χ1n) is 5.86. The largest absolute Gasteiger partial charge is 0.479 e. The Kier molecular flexibility index (Phi) is 5.17. The standard InChI is InChI=1S/C13H17NO5/c1-3-4-10(12(15)16)19-11-7-8(13(17)18-2)5-6-9(11)14/h5-7,10H,3-4,14H2,1-2H3,(H,15,16). The normalized spacial score (nSPS) is 11.7. The number of carbonyl (C=O) groups is 2. The molecule has 104 valence electrons. The van der Waals surface area contributed by atoms with Crippen LogP contribution < -0.4 is 10.5 Å². The molecule has 1 rings (SSSR count). The second kappa shape index (κ2) is 6.63. The number of ether oxygens (including phenoxy) is 2. The number of aliphatic carboxylic acids is 1. The highest BCUT2D eigenvalue weighted by Gasteiger charge is 2.20. The second-order valence-electron chi connectivity index (χ2n) is 3.98. The van der Waals surface area contributed by atoms with Gasteiger partial charge in [-0.1, -0.05) is 13.3 Å². The summed E-state index contributed by atoms with van der Waals surface area (Å²) in [5, 5.41) is 9.02. The lowest BCUT2D eigenvalue weighted by Gasteiger charge is -2.16. The number of rotatable bonds is 6. The number of hydrogen-bond acceptors (Lipinski definition) is 5. The minimum Gasteiger partial charge on any atom is -0.479 e. The van der Waals surface area contributed by atoms with E-state index in [1.54, 1.807) is 0 Å². The van der Waals surface area contributed by atoms with Crippen LogP contribution in [0, 0.1) is 0 Å². The average molecular weight is 267 g/mol. The molecule has 0 spiro atoms. The van der Waals surface area contributed by atoms with Crippen molar-refractivity contribution in [2.45, 2.75) is 25.9 Å². The van der Waals surface area contributed by atoms with Gasteiger partial charge in [0.1, 0.15) is 5.75 Å². The molecule has 1 unspecified atom stereocenters. The molecule has 0 aliphatic heterocycles. The van der Waals surface area contributed by atoms with E-state index in [2.05, 4.69) is 4.74 Å². The highest BCUT2D eigenvalue weighted by molar-refractivity contribution is 5.90. The summed E-state index contributed by atoms with van der Waals surface area (Å²) in [6.07, 6.45) is 0.0327. The quantitative estimate of drug-likeness (QED) is 0.601. The highest BCUT2D eigenvalue weighted by Crippen LogP contribution is 2.25. The predicted octanol–water partition coefficient (Wildman–Crippen LogP) is 1.69. The summed E-state index contributed by atoms with van der Waals surface area (Å²) in [6.45, 7) is 1.85. The van der Waals surface area contributed by atoms with Crippen LogP contribution in [0.25, 0.3) is 0 Å². The van der Waals surface area contributed by atoms with Crippen LogP contribution in [0.2, 0.25) is 0 Å². The smallest absolute Gasteiger partial charge is 0.344 e. The van der Waals surface area contributed by atoms with Gasteiger partial charge in [0.05, 0.1) is 18.4 Å². The molecule has 0 saturated heterocycles. The van der Waals surface area contributed by atoms with E-state index in [-0.39, 0.29) is 17.0 Å². The number of esters is 1. The van der Waals surface area contributed by atoms with Crippen LogP contribution in [0.4, 0.5) is 5.69 Å². The molecule has 6 heteroatoms. The van der Waals surface area contributed by atoms with Gasteiger partial charge in [-0.3, -0.25) is 0 Å². The lowest BCUT2D eigenvalue weighted by atomic mass is 10.1. The fraction of sp³-hybridized carbons (Fsp3) is 0.385. The Bertz CT molecular complexity index is 472. The minimum absolute atomic E-state index is 0.170. The van der Waals surface area contributed by atoms with Crippen LogP contribution in [0.1, 0.15) is 30.1 Å². The zero-order valence-electron chi connectivity index (χ0n) is 10.9. The summed E-state index contributed by atoms with van der Waals surface area (Å²) in [4.78, 5) is 22.4. The highest BCUT2D eigenvalue weighted by atomic mass is 16.5. The Morgan fingerprint density at radius 3 is 2.63 bits per heavy atom. The van der Waals surface area contributed by atoms with Crippen molar-refractivity contribution < 1.29 is 24.2 Å². The van der Waals surface area contributed by atoms with Gasteiger partial charge in [0, 0.05) is 0 Å². The second-order valence-corrected chi connectivity index (χ2v) is 3.98. The first kappa shape index (κ1) is 14.8. The number of methoxy groups -OCH3 is 1. The molecule has 1 aromatic carbocycles. The Morgan fingerprint density at radius 1 is 1.42 bits per heavy atom. The van der Waals surface area contributed by atoms with Crippen molar-refractivity contribution >= 4 is 17.6 Å². The predicted molar refractivity (Wildman–Crippen MR) is 69.2 cm³/mol. The Hall–Kier alpha value is -2.24. The van der Waals surface area contributed by atoms with Gasteiger partial charge in [0.15, 0.2) is 6.10 Å². The zero-order chi connectivity index (χ0) is 14.4. The van der Waals surface area contributed by atoms with Gasteiger partial charge in [0.25, 0.3) is 0 Å². The summed E-state index contributed by atoms with van der Waals surface area (Å²) in [6, 6.07) is 4.35. The summed E-state index contributed by atoms with van der Waals surface area (Å²) >= 11 is 0. The molecule has 0 aliphatic rings. The molecule has 0 heterocycles. The molecule has 6 nitrogen and oxygen atoms in total. The molecule has 0 aromatic heterocycles. The topological polar surface area (TPSA) is 98.9 Å². The lowest BCUT2D eigenvalue weighted by molar-refractivity contribution is -0.145. The van der Waals surface area contributed by atoms with Crippen LogP contribution in [0.5, 0.6) is 5.75 Å². The monoisotopic (exact) mass is 267 g/mol. The van der Waals surface area contributed by atoms with E-state index in [0.29, 0.717) is 12.8 Å². The van der Waals surface area contributed by atoms with E-state index >= 15 is 0 Å². The number of carboxylic acids is 1. The molecule has 1 atom stereocenters. The van der Waals surface area contributed by atoms with Crippen LogP contribution in [-0.4, -0.2) is 30.3 Å². The van der Waals surface area contributed by atoms with Crippen LogP contribution >= 0.6 is 0 Å². The maximum atomic E-state index is 11.4. The third-order valence-corrected chi connectivity index (χ3v) is 2.53. The maximum Gasteiger partial charge on any atom is 0.344 e. The van der Waals surface area contributed by atoms with Crippen molar-refractivity contribution in [3.05, 3.63) is 23.8 Å². The summed E-state index contributed by atoms with van der Waals surface area (Å²) in [5.74, 6) is -1.43. The molecule has 19 heavy (non-hydrogen) atoms. The molecular weight excluding hydrogens is 250 g/mol. The van der Waals surface area contributed by atoms with Crippen molar-refractivity contribution in [2.75, 3.05) is 12.8 Å². The molecule has 1 aromatic rings. The van der Waals surface area contributed by atoms with Gasteiger partial charge >= 0.3 is 11.9 Å². The summed E-state index contributed by atoms with van der Waals surface area (Å²) in [7, 11) is 1.26. The van der Waals surface area contributed by atoms with Gasteiger partial charge in [-0.25, -0.2) is 9.59 Å². The van der Waals surface area contributed by atoms with E-state index in [4.69, 9.17) is 15.6 Å². The fourth-order valence-electron chi connectivity index (χ4n) is 1.53. The number of hydrogen-bond donors (Lipinski definition) is 2. The lowest BCUT2D eigenvalue weighted by Crippen LogP contribution is -2.27. The van der Waals surface area contributed by atoms with Crippen LogP contribution in [0.15, 0.2) is 18.2 Å². The molecular formula is C13H17NO5. The Labute approximate surface area is 111 Å². The maximum absolute atomic E-state index is 11.4. The molecule has 0 saturated carbocycles. The van der Waals surface area contributed by atoms with Crippen molar-refractivity contribution in [1.82, 2.24) is 0 Å². The molecule has 0 amide bonds. The van der Waals surface area contributed by atoms with Gasteiger partial charge in [-0.15, -0.1) is 0 Å². The van der Waals surface area contributed by atoms with E-state index in [1.807, 2.05) is 6.92 Å². The van der Waals surface area contributed by atoms with E-state index in [9.17, 15) is 9.59 Å².